The van der Waals surface area contributed by atoms with Crippen LogP contribution in [0.3, 0.4) is 0 Å². The first kappa shape index (κ1) is 13.5. The molecule has 1 aromatic carbocycles. The van der Waals surface area contributed by atoms with E-state index in [1.165, 1.54) is 36.8 Å². The van der Waals surface area contributed by atoms with E-state index in [4.69, 9.17) is 16.3 Å². The van der Waals surface area contributed by atoms with Crippen molar-refractivity contribution in [3.63, 3.8) is 0 Å². The van der Waals surface area contributed by atoms with Gasteiger partial charge in [0, 0.05) is 12.6 Å². The summed E-state index contributed by atoms with van der Waals surface area (Å²) in [5.41, 5.74) is 4.80. The van der Waals surface area contributed by atoms with Gasteiger partial charge in [0.15, 0.2) is 0 Å². The zero-order valence-electron chi connectivity index (χ0n) is 11.9. The van der Waals surface area contributed by atoms with E-state index in [9.17, 15) is 0 Å². The first-order valence-corrected chi connectivity index (χ1v) is 7.45. The molecule has 0 amide bonds. The van der Waals surface area contributed by atoms with Crippen molar-refractivity contribution in [1.82, 2.24) is 9.78 Å². The quantitative estimate of drug-likeness (QED) is 0.859. The number of ether oxygens (including phenoxy) is 1. The Labute approximate surface area is 124 Å². The van der Waals surface area contributed by atoms with Crippen LogP contribution in [-0.4, -0.2) is 9.78 Å². The van der Waals surface area contributed by atoms with Crippen LogP contribution in [0.25, 0.3) is 0 Å². The fourth-order valence-electron chi connectivity index (χ4n) is 2.79. The number of halogens is 1. The predicted octanol–water partition coefficient (Wildman–Crippen LogP) is 3.84. The molecule has 1 aliphatic carbocycles. The van der Waals surface area contributed by atoms with Crippen molar-refractivity contribution in [3.05, 3.63) is 45.7 Å². The van der Waals surface area contributed by atoms with Crippen LogP contribution in [0, 0.1) is 6.92 Å². The van der Waals surface area contributed by atoms with Gasteiger partial charge in [0.1, 0.15) is 17.5 Å². The summed E-state index contributed by atoms with van der Waals surface area (Å²) >= 11 is 6.22. The van der Waals surface area contributed by atoms with Crippen LogP contribution in [0.4, 0.5) is 0 Å². The van der Waals surface area contributed by atoms with Crippen LogP contribution in [0.2, 0.25) is 5.15 Å². The van der Waals surface area contributed by atoms with Crippen molar-refractivity contribution in [2.75, 3.05) is 0 Å². The number of aryl methyl sites for hydroxylation is 4. The SMILES string of the molecule is Cc1nn(C)c(Cl)c1COc1ccc2c(c1)CCCC2. The second-order valence-electron chi connectivity index (χ2n) is 5.40. The van der Waals surface area contributed by atoms with Crippen molar-refractivity contribution >= 4 is 11.6 Å². The van der Waals surface area contributed by atoms with E-state index in [0.717, 1.165) is 17.0 Å². The Balaban J connectivity index is 1.75. The molecule has 1 aromatic heterocycles. The van der Waals surface area contributed by atoms with Crippen molar-refractivity contribution < 1.29 is 4.74 Å². The molecule has 3 nitrogen and oxygen atoms in total. The van der Waals surface area contributed by atoms with E-state index in [1.807, 2.05) is 14.0 Å². The van der Waals surface area contributed by atoms with E-state index < -0.39 is 0 Å². The molecule has 0 bridgehead atoms. The molecule has 0 saturated heterocycles. The van der Waals surface area contributed by atoms with Crippen molar-refractivity contribution in [2.24, 2.45) is 7.05 Å². The van der Waals surface area contributed by atoms with Crippen LogP contribution >= 0.6 is 11.6 Å². The zero-order valence-corrected chi connectivity index (χ0v) is 12.7. The average molecular weight is 291 g/mol. The van der Waals surface area contributed by atoms with E-state index in [1.54, 1.807) is 4.68 Å². The number of nitrogens with zero attached hydrogens (tertiary/aromatic N) is 2. The number of hydrogen-bond donors (Lipinski definition) is 0. The van der Waals surface area contributed by atoms with Crippen molar-refractivity contribution in [2.45, 2.75) is 39.2 Å². The molecule has 4 heteroatoms. The zero-order chi connectivity index (χ0) is 14.1. The molecule has 0 unspecified atom stereocenters. The maximum atomic E-state index is 6.22. The Morgan fingerprint density at radius 3 is 2.70 bits per heavy atom. The maximum absolute atomic E-state index is 6.22. The lowest BCUT2D eigenvalue weighted by Crippen LogP contribution is -2.03. The molecule has 0 spiro atoms. The first-order valence-electron chi connectivity index (χ1n) is 7.07. The van der Waals surface area contributed by atoms with E-state index in [-0.39, 0.29) is 0 Å². The maximum Gasteiger partial charge on any atom is 0.133 e. The van der Waals surface area contributed by atoms with Gasteiger partial charge in [-0.3, -0.25) is 4.68 Å². The Kier molecular flexibility index (Phi) is 3.70. The number of hydrogen-bond acceptors (Lipinski definition) is 2. The molecule has 0 radical (unpaired) electrons. The molecule has 0 fully saturated rings. The summed E-state index contributed by atoms with van der Waals surface area (Å²) in [5.74, 6) is 0.921. The highest BCUT2D eigenvalue weighted by molar-refractivity contribution is 6.30. The molecule has 0 atom stereocenters. The lowest BCUT2D eigenvalue weighted by Gasteiger charge is -2.16. The molecular formula is C16H19ClN2O. The summed E-state index contributed by atoms with van der Waals surface area (Å²) in [4.78, 5) is 0. The first-order chi connectivity index (χ1) is 9.65. The number of fused-ring (bicyclic) bond motifs is 1. The molecule has 1 aliphatic rings. The van der Waals surface area contributed by atoms with E-state index in [2.05, 4.69) is 23.3 Å². The summed E-state index contributed by atoms with van der Waals surface area (Å²) < 4.78 is 7.58. The number of rotatable bonds is 3. The van der Waals surface area contributed by atoms with Crippen LogP contribution in [0.5, 0.6) is 5.75 Å². The Hall–Kier alpha value is -1.48. The van der Waals surface area contributed by atoms with E-state index in [0.29, 0.717) is 11.8 Å². The van der Waals surface area contributed by atoms with Gasteiger partial charge in [0.05, 0.1) is 5.69 Å². The Morgan fingerprint density at radius 1 is 1.25 bits per heavy atom. The summed E-state index contributed by atoms with van der Waals surface area (Å²) in [5, 5.41) is 4.95. The van der Waals surface area contributed by atoms with Gasteiger partial charge < -0.3 is 4.74 Å². The van der Waals surface area contributed by atoms with Crippen LogP contribution in [0.15, 0.2) is 18.2 Å². The minimum absolute atomic E-state index is 0.470. The highest BCUT2D eigenvalue weighted by Gasteiger charge is 2.13. The molecule has 0 aliphatic heterocycles. The smallest absolute Gasteiger partial charge is 0.133 e. The van der Waals surface area contributed by atoms with Crippen LogP contribution < -0.4 is 4.74 Å². The third kappa shape index (κ3) is 2.55. The summed E-state index contributed by atoms with van der Waals surface area (Å²) in [6.07, 6.45) is 4.95. The van der Waals surface area contributed by atoms with Crippen LogP contribution in [-0.2, 0) is 26.5 Å². The molecule has 20 heavy (non-hydrogen) atoms. The third-order valence-electron chi connectivity index (χ3n) is 3.97. The van der Waals surface area contributed by atoms with Crippen LogP contribution in [0.1, 0.15) is 35.2 Å². The predicted molar refractivity (Wildman–Crippen MR) is 80.4 cm³/mol. The van der Waals surface area contributed by atoms with Gasteiger partial charge in [-0.05, 0) is 55.9 Å². The largest absolute Gasteiger partial charge is 0.489 e. The molecule has 106 valence electrons. The molecule has 3 rings (SSSR count). The monoisotopic (exact) mass is 290 g/mol. The highest BCUT2D eigenvalue weighted by atomic mass is 35.5. The minimum atomic E-state index is 0.470. The Morgan fingerprint density at radius 2 is 2.00 bits per heavy atom. The topological polar surface area (TPSA) is 27.1 Å². The average Bonchev–Trinajstić information content (AvgIpc) is 2.70. The van der Waals surface area contributed by atoms with E-state index >= 15 is 0 Å². The van der Waals surface area contributed by atoms with Gasteiger partial charge >= 0.3 is 0 Å². The summed E-state index contributed by atoms with van der Waals surface area (Å²) in [6.45, 7) is 2.43. The van der Waals surface area contributed by atoms with Gasteiger partial charge in [-0.1, -0.05) is 17.7 Å². The second kappa shape index (κ2) is 5.49. The fraction of sp³-hybridized carbons (Fsp3) is 0.438. The van der Waals surface area contributed by atoms with Gasteiger partial charge in [-0.2, -0.15) is 5.10 Å². The lowest BCUT2D eigenvalue weighted by molar-refractivity contribution is 0.305. The summed E-state index contributed by atoms with van der Waals surface area (Å²) in [6, 6.07) is 6.43. The number of aromatic nitrogens is 2. The summed E-state index contributed by atoms with van der Waals surface area (Å²) in [7, 11) is 1.84. The highest BCUT2D eigenvalue weighted by Crippen LogP contribution is 2.27. The van der Waals surface area contributed by atoms with Crippen molar-refractivity contribution in [1.29, 1.82) is 0 Å². The van der Waals surface area contributed by atoms with Gasteiger partial charge in [0.2, 0.25) is 0 Å². The van der Waals surface area contributed by atoms with Crippen molar-refractivity contribution in [3.8, 4) is 5.75 Å². The van der Waals surface area contributed by atoms with Gasteiger partial charge in [0.25, 0.3) is 0 Å². The molecule has 2 aromatic rings. The third-order valence-corrected chi connectivity index (χ3v) is 4.45. The lowest BCUT2D eigenvalue weighted by atomic mass is 9.92. The van der Waals surface area contributed by atoms with Gasteiger partial charge in [-0.15, -0.1) is 0 Å². The van der Waals surface area contributed by atoms with Gasteiger partial charge in [-0.25, -0.2) is 0 Å². The normalized spacial score (nSPS) is 14.2. The second-order valence-corrected chi connectivity index (χ2v) is 5.76. The molecule has 0 saturated carbocycles. The molecule has 1 heterocycles. The minimum Gasteiger partial charge on any atom is -0.489 e. The standard InChI is InChI=1S/C16H19ClN2O/c1-11-15(16(17)19(2)18-11)10-20-14-8-7-12-5-3-4-6-13(12)9-14/h7-9H,3-6,10H2,1-2H3. The molecule has 0 N–H and O–H groups in total. The number of benzene rings is 1. The fourth-order valence-corrected chi connectivity index (χ4v) is 3.02. The molecular weight excluding hydrogens is 272 g/mol. The Bertz CT molecular complexity index is 634.